The number of hydrogen-bond donors (Lipinski definition) is 2. The SMILES string of the molecule is O=C1c2ccccc2C(=O)c2cc(N=Cc3c(O)n(-c4ccc([N+](=O)[O-])cc4)c(=O)[nH]c3=O)ccc21. The monoisotopic (exact) mass is 482 g/mol. The van der Waals surface area contributed by atoms with Crippen LogP contribution in [0.25, 0.3) is 5.69 Å². The molecule has 3 aromatic carbocycles. The molecule has 176 valence electrons. The molecule has 36 heavy (non-hydrogen) atoms. The maximum Gasteiger partial charge on any atom is 0.335 e. The summed E-state index contributed by atoms with van der Waals surface area (Å²) in [5.74, 6) is -1.37. The highest BCUT2D eigenvalue weighted by Gasteiger charge is 2.29. The molecule has 0 fully saturated rings. The van der Waals surface area contributed by atoms with Crippen LogP contribution in [-0.4, -0.2) is 37.4 Å². The van der Waals surface area contributed by atoms with Gasteiger partial charge in [-0.2, -0.15) is 0 Å². The van der Waals surface area contributed by atoms with Gasteiger partial charge >= 0.3 is 5.69 Å². The van der Waals surface area contributed by atoms with Crippen LogP contribution in [0.5, 0.6) is 5.88 Å². The van der Waals surface area contributed by atoms with Crippen molar-refractivity contribution in [2.75, 3.05) is 0 Å². The van der Waals surface area contributed by atoms with Crippen molar-refractivity contribution in [1.29, 1.82) is 0 Å². The van der Waals surface area contributed by atoms with Crippen LogP contribution < -0.4 is 11.2 Å². The molecule has 1 aliphatic carbocycles. The van der Waals surface area contributed by atoms with Crippen LogP contribution in [0.3, 0.4) is 0 Å². The summed E-state index contributed by atoms with van der Waals surface area (Å²) in [5.41, 5.74) is -1.19. The van der Waals surface area contributed by atoms with E-state index in [-0.39, 0.29) is 50.9 Å². The van der Waals surface area contributed by atoms with Gasteiger partial charge in [-0.3, -0.25) is 34.5 Å². The first-order chi connectivity index (χ1) is 17.3. The number of aromatic amines is 1. The molecule has 11 nitrogen and oxygen atoms in total. The Morgan fingerprint density at radius 1 is 0.861 bits per heavy atom. The Morgan fingerprint density at radius 3 is 2.11 bits per heavy atom. The lowest BCUT2D eigenvalue weighted by molar-refractivity contribution is -0.384. The molecule has 11 heteroatoms. The molecule has 0 unspecified atom stereocenters. The lowest BCUT2D eigenvalue weighted by atomic mass is 9.84. The van der Waals surface area contributed by atoms with Crippen LogP contribution >= 0.6 is 0 Å². The lowest BCUT2D eigenvalue weighted by Gasteiger charge is -2.17. The molecular weight excluding hydrogens is 468 g/mol. The number of H-pyrrole nitrogens is 1. The Balaban J connectivity index is 1.54. The predicted octanol–water partition coefficient (Wildman–Crippen LogP) is 2.67. The van der Waals surface area contributed by atoms with E-state index in [0.29, 0.717) is 5.56 Å². The molecule has 0 spiro atoms. The number of non-ortho nitro benzene ring substituents is 1. The molecule has 0 saturated carbocycles. The number of fused-ring (bicyclic) bond motifs is 2. The van der Waals surface area contributed by atoms with Crippen molar-refractivity contribution in [3.05, 3.63) is 125 Å². The Kier molecular flexibility index (Phi) is 5.21. The lowest BCUT2D eigenvalue weighted by Crippen LogP contribution is -2.31. The Morgan fingerprint density at radius 2 is 1.47 bits per heavy atom. The van der Waals surface area contributed by atoms with Crippen molar-refractivity contribution in [2.45, 2.75) is 0 Å². The van der Waals surface area contributed by atoms with E-state index in [0.717, 1.165) is 22.9 Å². The molecule has 4 aromatic rings. The average molecular weight is 482 g/mol. The van der Waals surface area contributed by atoms with E-state index >= 15 is 0 Å². The van der Waals surface area contributed by atoms with E-state index < -0.39 is 22.1 Å². The summed E-state index contributed by atoms with van der Waals surface area (Å²) in [7, 11) is 0. The molecular formula is C25H14N4O7. The topological polar surface area (TPSA) is 165 Å². The molecule has 5 rings (SSSR count). The highest BCUT2D eigenvalue weighted by Crippen LogP contribution is 2.30. The first kappa shape index (κ1) is 22.3. The number of nitrogens with one attached hydrogen (secondary N) is 1. The van der Waals surface area contributed by atoms with Crippen molar-refractivity contribution in [3.63, 3.8) is 0 Å². The number of nitro groups is 1. The fourth-order valence-corrected chi connectivity index (χ4v) is 3.92. The number of aromatic nitrogens is 2. The molecule has 1 aliphatic rings. The summed E-state index contributed by atoms with van der Waals surface area (Å²) in [4.78, 5) is 66.8. The van der Waals surface area contributed by atoms with E-state index in [4.69, 9.17) is 0 Å². The normalized spacial score (nSPS) is 12.4. The maximum atomic E-state index is 12.9. The minimum atomic E-state index is -0.958. The van der Waals surface area contributed by atoms with E-state index in [9.17, 15) is 34.4 Å². The molecule has 2 N–H and O–H groups in total. The van der Waals surface area contributed by atoms with Crippen LogP contribution in [-0.2, 0) is 0 Å². The zero-order valence-corrected chi connectivity index (χ0v) is 18.2. The van der Waals surface area contributed by atoms with Gasteiger partial charge in [0.15, 0.2) is 11.6 Å². The molecule has 1 heterocycles. The van der Waals surface area contributed by atoms with Gasteiger partial charge in [-0.1, -0.05) is 24.3 Å². The number of nitro benzene ring substituents is 1. The van der Waals surface area contributed by atoms with Gasteiger partial charge < -0.3 is 5.11 Å². The second-order valence-electron chi connectivity index (χ2n) is 7.80. The summed E-state index contributed by atoms with van der Waals surface area (Å²) < 4.78 is 0.762. The largest absolute Gasteiger partial charge is 0.493 e. The quantitative estimate of drug-likeness (QED) is 0.226. The molecule has 0 bridgehead atoms. The third kappa shape index (κ3) is 3.60. The van der Waals surface area contributed by atoms with Crippen LogP contribution in [0.15, 0.2) is 81.3 Å². The summed E-state index contributed by atoms with van der Waals surface area (Å²) in [5, 5.41) is 21.5. The van der Waals surface area contributed by atoms with Gasteiger partial charge in [-0.15, -0.1) is 0 Å². The van der Waals surface area contributed by atoms with Crippen LogP contribution in [0.2, 0.25) is 0 Å². The number of ketones is 2. The fourth-order valence-electron chi connectivity index (χ4n) is 3.92. The molecule has 0 atom stereocenters. The van der Waals surface area contributed by atoms with Crippen LogP contribution in [0.1, 0.15) is 37.4 Å². The number of aliphatic imine (C=N–C) groups is 1. The number of benzene rings is 3. The van der Waals surface area contributed by atoms with Gasteiger partial charge in [0.25, 0.3) is 11.2 Å². The van der Waals surface area contributed by atoms with Gasteiger partial charge in [0.1, 0.15) is 5.56 Å². The van der Waals surface area contributed by atoms with E-state index in [1.165, 1.54) is 30.3 Å². The van der Waals surface area contributed by atoms with Crippen molar-refractivity contribution in [3.8, 4) is 11.6 Å². The Hall–Kier alpha value is -5.45. The van der Waals surface area contributed by atoms with Gasteiger partial charge in [-0.25, -0.2) is 9.36 Å². The molecule has 1 aromatic heterocycles. The van der Waals surface area contributed by atoms with E-state index in [2.05, 4.69) is 9.98 Å². The van der Waals surface area contributed by atoms with Crippen LogP contribution in [0.4, 0.5) is 11.4 Å². The first-order valence-corrected chi connectivity index (χ1v) is 10.5. The third-order valence-corrected chi connectivity index (χ3v) is 5.69. The zero-order valence-electron chi connectivity index (χ0n) is 18.2. The summed E-state index contributed by atoms with van der Waals surface area (Å²) in [6, 6.07) is 15.6. The standard InChI is InChI=1S/C25H14N4O7/c30-21-16-3-1-2-4-17(16)22(31)19-11-13(5-10-18(19)21)26-12-20-23(32)27-25(34)28(24(20)33)14-6-8-15(9-7-14)29(35)36/h1-12,33H,(H,27,32,34). The first-order valence-electron chi connectivity index (χ1n) is 10.5. The number of nitrogens with zero attached hydrogens (tertiary/aromatic N) is 3. The van der Waals surface area contributed by atoms with Gasteiger partial charge in [-0.05, 0) is 30.3 Å². The molecule has 0 amide bonds. The third-order valence-electron chi connectivity index (χ3n) is 5.69. The smallest absolute Gasteiger partial charge is 0.335 e. The number of rotatable bonds is 4. The maximum absolute atomic E-state index is 12.9. The minimum Gasteiger partial charge on any atom is -0.493 e. The number of carbonyl (C=O) groups is 2. The molecule has 0 saturated heterocycles. The second kappa shape index (κ2) is 8.40. The summed E-state index contributed by atoms with van der Waals surface area (Å²) in [6.45, 7) is 0. The second-order valence-corrected chi connectivity index (χ2v) is 7.80. The van der Waals surface area contributed by atoms with Crippen molar-refractivity contribution >= 4 is 29.2 Å². The predicted molar refractivity (Wildman–Crippen MR) is 128 cm³/mol. The van der Waals surface area contributed by atoms with Gasteiger partial charge in [0.05, 0.1) is 16.3 Å². The Bertz CT molecular complexity index is 1750. The molecule has 0 radical (unpaired) electrons. The zero-order chi connectivity index (χ0) is 25.6. The highest BCUT2D eigenvalue weighted by atomic mass is 16.6. The van der Waals surface area contributed by atoms with Crippen LogP contribution in [0, 0.1) is 10.1 Å². The van der Waals surface area contributed by atoms with Gasteiger partial charge in [0.2, 0.25) is 5.88 Å². The molecule has 0 aliphatic heterocycles. The minimum absolute atomic E-state index is 0.0746. The average Bonchev–Trinajstić information content (AvgIpc) is 2.87. The number of hydrogen-bond acceptors (Lipinski definition) is 8. The number of carbonyl (C=O) groups excluding carboxylic acids is 2. The summed E-state index contributed by atoms with van der Waals surface area (Å²) in [6.07, 6.45) is 1.01. The fraction of sp³-hybridized carbons (Fsp3) is 0. The number of aromatic hydroxyl groups is 1. The Labute approximate surface area is 200 Å². The van der Waals surface area contributed by atoms with Crippen molar-refractivity contribution in [2.24, 2.45) is 4.99 Å². The van der Waals surface area contributed by atoms with E-state index in [1.54, 1.807) is 24.3 Å². The van der Waals surface area contributed by atoms with E-state index in [1.807, 2.05) is 0 Å². The highest BCUT2D eigenvalue weighted by molar-refractivity contribution is 6.28. The van der Waals surface area contributed by atoms with Crippen molar-refractivity contribution < 1.29 is 19.6 Å². The van der Waals surface area contributed by atoms with Crippen molar-refractivity contribution in [1.82, 2.24) is 9.55 Å². The van der Waals surface area contributed by atoms with Gasteiger partial charge in [0, 0.05) is 40.6 Å². The summed E-state index contributed by atoms with van der Waals surface area (Å²) >= 11 is 0.